The number of carboxylic acids is 1. The van der Waals surface area contributed by atoms with Crippen LogP contribution in [0, 0.1) is 11.7 Å². The minimum absolute atomic E-state index is 0.0434. The van der Waals surface area contributed by atoms with Crippen molar-refractivity contribution in [3.63, 3.8) is 0 Å². The number of carbonyl (C=O) groups is 2. The van der Waals surface area contributed by atoms with Crippen LogP contribution in [-0.2, 0) is 14.8 Å². The number of carbonyl (C=O) groups excluding carboxylic acids is 1. The Kier molecular flexibility index (Phi) is 7.79. The van der Waals surface area contributed by atoms with Crippen molar-refractivity contribution < 1.29 is 28.2 Å². The number of halogens is 2. The van der Waals surface area contributed by atoms with Crippen molar-refractivity contribution in [1.29, 1.82) is 0 Å². The smallest absolute Gasteiger partial charge is 0.336 e. The maximum Gasteiger partial charge on any atom is 0.336 e. The predicted molar refractivity (Wildman–Crippen MR) is 128 cm³/mol. The van der Waals surface area contributed by atoms with Crippen LogP contribution < -0.4 is 0 Å². The van der Waals surface area contributed by atoms with Crippen molar-refractivity contribution >= 4 is 31.7 Å². The number of aromatic carboxylic acids is 1. The molecule has 178 valence electrons. The van der Waals surface area contributed by atoms with E-state index in [2.05, 4.69) is 19.6 Å². The fourth-order valence-corrected chi connectivity index (χ4v) is 6.30. The average molecular weight is 493 g/mol. The number of hydrogen-bond donors (Lipinski definition) is 1. The molecule has 3 rings (SSSR count). The van der Waals surface area contributed by atoms with Gasteiger partial charge in [0, 0.05) is 23.8 Å². The molecule has 2 aromatic carbocycles. The fraction of sp³-hybridized carbons (Fsp3) is 0.440. The summed E-state index contributed by atoms with van der Waals surface area (Å²) in [6, 6.07) is 8.64. The van der Waals surface area contributed by atoms with Gasteiger partial charge < -0.3 is 14.3 Å². The van der Waals surface area contributed by atoms with E-state index in [0.717, 1.165) is 12.8 Å². The van der Waals surface area contributed by atoms with Crippen LogP contribution in [0.15, 0.2) is 36.4 Å². The van der Waals surface area contributed by atoms with Gasteiger partial charge >= 0.3 is 5.97 Å². The van der Waals surface area contributed by atoms with Crippen LogP contribution in [0.4, 0.5) is 4.39 Å². The lowest BCUT2D eigenvalue weighted by Gasteiger charge is -2.46. The zero-order valence-electron chi connectivity index (χ0n) is 19.4. The summed E-state index contributed by atoms with van der Waals surface area (Å²) in [7, 11) is -2.13. The van der Waals surface area contributed by atoms with E-state index >= 15 is 4.39 Å². The molecule has 0 bridgehead atoms. The molecular weight excluding hydrogens is 463 g/mol. The summed E-state index contributed by atoms with van der Waals surface area (Å²) in [5.74, 6) is -2.89. The second-order valence-electron chi connectivity index (χ2n) is 9.37. The van der Waals surface area contributed by atoms with Gasteiger partial charge in [-0.1, -0.05) is 18.5 Å². The highest BCUT2D eigenvalue weighted by Crippen LogP contribution is 2.45. The highest BCUT2D eigenvalue weighted by atomic mass is 35.5. The van der Waals surface area contributed by atoms with E-state index in [-0.39, 0.29) is 17.0 Å². The van der Waals surface area contributed by atoms with Crippen LogP contribution in [-0.4, -0.2) is 38.4 Å². The summed E-state index contributed by atoms with van der Waals surface area (Å²) < 4.78 is 27.8. The van der Waals surface area contributed by atoms with E-state index in [9.17, 15) is 14.7 Å². The lowest BCUT2D eigenvalue weighted by molar-refractivity contribution is -0.0601. The molecule has 2 aromatic rings. The molecule has 0 aromatic heterocycles. The molecule has 33 heavy (non-hydrogen) atoms. The second kappa shape index (κ2) is 10.1. The van der Waals surface area contributed by atoms with Crippen LogP contribution in [0.5, 0.6) is 0 Å². The van der Waals surface area contributed by atoms with E-state index in [1.54, 1.807) is 0 Å². The molecule has 0 amide bonds. The van der Waals surface area contributed by atoms with Gasteiger partial charge in [-0.25, -0.2) is 9.18 Å². The molecule has 0 aliphatic carbocycles. The number of rotatable bonds is 8. The first kappa shape index (κ1) is 25.6. The fourth-order valence-electron chi connectivity index (χ4n) is 4.65. The van der Waals surface area contributed by atoms with Crippen molar-refractivity contribution in [2.24, 2.45) is 5.92 Å². The molecule has 0 saturated carbocycles. The highest BCUT2D eigenvalue weighted by molar-refractivity contribution is 6.69. The summed E-state index contributed by atoms with van der Waals surface area (Å²) in [5, 5.41) is 10.4. The van der Waals surface area contributed by atoms with Gasteiger partial charge in [0.2, 0.25) is 0 Å². The van der Waals surface area contributed by atoms with Crippen LogP contribution in [0.2, 0.25) is 24.7 Å². The predicted octanol–water partition coefficient (Wildman–Crippen LogP) is 6.29. The second-order valence-corrected chi connectivity index (χ2v) is 14.2. The van der Waals surface area contributed by atoms with Crippen molar-refractivity contribution in [3.05, 3.63) is 69.5 Å². The monoisotopic (exact) mass is 492 g/mol. The molecule has 1 heterocycles. The molecule has 1 unspecified atom stereocenters. The minimum Gasteiger partial charge on any atom is -0.478 e. The topological polar surface area (TPSA) is 72.8 Å². The molecule has 1 N–H and O–H groups in total. The molecule has 1 atom stereocenters. The molecular formula is C25H30ClFO5Si. The first-order valence-electron chi connectivity index (χ1n) is 11.1. The Bertz CT molecular complexity index is 1030. The van der Waals surface area contributed by atoms with Crippen LogP contribution >= 0.6 is 11.6 Å². The highest BCUT2D eigenvalue weighted by Gasteiger charge is 2.44. The Hall–Kier alpha value is -2.06. The van der Waals surface area contributed by atoms with E-state index in [1.165, 1.54) is 36.4 Å². The lowest BCUT2D eigenvalue weighted by Crippen LogP contribution is -2.47. The third-order valence-electron chi connectivity index (χ3n) is 6.04. The lowest BCUT2D eigenvalue weighted by atomic mass is 9.74. The van der Waals surface area contributed by atoms with Crippen molar-refractivity contribution in [2.75, 3.05) is 13.2 Å². The first-order valence-corrected chi connectivity index (χ1v) is 14.9. The maximum absolute atomic E-state index is 15.6. The van der Waals surface area contributed by atoms with Gasteiger partial charge in [0.25, 0.3) is 0 Å². The molecule has 0 radical (unpaired) electrons. The van der Waals surface area contributed by atoms with E-state index in [4.69, 9.17) is 20.8 Å². The van der Waals surface area contributed by atoms with Crippen LogP contribution in [0.25, 0.3) is 0 Å². The zero-order valence-corrected chi connectivity index (χ0v) is 21.2. The normalized spacial score (nSPS) is 16.9. The van der Waals surface area contributed by atoms with E-state index < -0.39 is 37.1 Å². The Balaban J connectivity index is 2.19. The molecule has 1 aliphatic rings. The van der Waals surface area contributed by atoms with Gasteiger partial charge in [0.15, 0.2) is 14.1 Å². The van der Waals surface area contributed by atoms with Gasteiger partial charge in [-0.05, 0) is 86.8 Å². The number of carboxylic acid groups (broad SMARTS) is 1. The largest absolute Gasteiger partial charge is 0.478 e. The van der Waals surface area contributed by atoms with Crippen molar-refractivity contribution in [1.82, 2.24) is 0 Å². The Morgan fingerprint density at radius 2 is 1.79 bits per heavy atom. The standard InChI is InChI=1S/C25H30ClFO5Si/c1-5-25(32-33(2,3)4,17-10-12-31-13-11-17)18-14-20(24(29)30)22(21(27)15-18)23(28)16-6-8-19(26)9-7-16/h6-9,14-15,17H,5,10-13H2,1-4H3,(H,29,30). The number of hydrogen-bond acceptors (Lipinski definition) is 4. The van der Waals surface area contributed by atoms with E-state index in [0.29, 0.717) is 30.2 Å². The summed E-state index contributed by atoms with van der Waals surface area (Å²) in [5.41, 5.74) is -1.06. The third-order valence-corrected chi connectivity index (χ3v) is 7.27. The van der Waals surface area contributed by atoms with Gasteiger partial charge in [-0.2, -0.15) is 0 Å². The zero-order chi connectivity index (χ0) is 24.4. The first-order chi connectivity index (χ1) is 15.5. The maximum atomic E-state index is 15.6. The molecule has 5 nitrogen and oxygen atoms in total. The molecule has 0 spiro atoms. The van der Waals surface area contributed by atoms with Gasteiger partial charge in [-0.15, -0.1) is 0 Å². The SMILES string of the molecule is CCC(O[Si](C)(C)C)(c1cc(F)c(C(=O)c2ccc(Cl)cc2)c(C(=O)O)c1)C1CCOCC1. The number of ether oxygens (including phenoxy) is 1. The molecule has 1 saturated heterocycles. The Labute approximate surface area is 200 Å². The van der Waals surface area contributed by atoms with E-state index in [1.807, 2.05) is 6.92 Å². The quantitative estimate of drug-likeness (QED) is 0.346. The molecule has 1 aliphatic heterocycles. The summed E-state index contributed by atoms with van der Waals surface area (Å²) in [6.45, 7) is 9.30. The summed E-state index contributed by atoms with van der Waals surface area (Å²) in [4.78, 5) is 25.3. The van der Waals surface area contributed by atoms with Gasteiger partial charge in [-0.3, -0.25) is 4.79 Å². The Morgan fingerprint density at radius 3 is 2.30 bits per heavy atom. The van der Waals surface area contributed by atoms with Crippen molar-refractivity contribution in [2.45, 2.75) is 51.4 Å². The summed E-state index contributed by atoms with van der Waals surface area (Å²) in [6.07, 6.45) is 2.01. The molecule has 8 heteroatoms. The van der Waals surface area contributed by atoms with Crippen LogP contribution in [0.3, 0.4) is 0 Å². The molecule has 1 fully saturated rings. The van der Waals surface area contributed by atoms with Gasteiger partial charge in [0.1, 0.15) is 5.82 Å². The average Bonchev–Trinajstić information content (AvgIpc) is 2.77. The number of ketones is 1. The minimum atomic E-state index is -2.13. The number of benzene rings is 2. The Morgan fingerprint density at radius 1 is 1.18 bits per heavy atom. The third kappa shape index (κ3) is 5.54. The summed E-state index contributed by atoms with van der Waals surface area (Å²) >= 11 is 5.89. The van der Waals surface area contributed by atoms with Crippen LogP contribution in [0.1, 0.15) is 58.0 Å². The van der Waals surface area contributed by atoms with Crippen molar-refractivity contribution in [3.8, 4) is 0 Å². The van der Waals surface area contributed by atoms with Gasteiger partial charge in [0.05, 0.1) is 16.7 Å².